The number of nitrogens with two attached hydrogens (primary N) is 1. The van der Waals surface area contributed by atoms with E-state index in [1.54, 1.807) is 0 Å². The summed E-state index contributed by atoms with van der Waals surface area (Å²) >= 11 is 0. The van der Waals surface area contributed by atoms with Crippen LogP contribution in [0.1, 0.15) is 0 Å². The molecule has 0 aliphatic rings. The van der Waals surface area contributed by atoms with E-state index in [0.29, 0.717) is 5.82 Å². The monoisotopic (exact) mass is 222 g/mol. The van der Waals surface area contributed by atoms with Crippen LogP contribution in [0, 0.1) is 0 Å². The van der Waals surface area contributed by atoms with Crippen LogP contribution in [0.25, 0.3) is 0 Å². The largest absolute Gasteiger partial charge is 0.383 e. The minimum Gasteiger partial charge on any atom is -0.383 e. The van der Waals surface area contributed by atoms with Crippen molar-refractivity contribution in [2.75, 3.05) is 5.73 Å². The maximum atomic E-state index is 5.62. The van der Waals surface area contributed by atoms with Gasteiger partial charge in [-0.1, -0.05) is 9.24 Å². The summed E-state index contributed by atoms with van der Waals surface area (Å²) in [7, 11) is 10.4. The predicted octanol–water partition coefficient (Wildman–Crippen LogP) is -1.33. The first-order chi connectivity index (χ1) is 5.04. The summed E-state index contributed by atoms with van der Waals surface area (Å²) < 4.78 is 0. The van der Waals surface area contributed by atoms with Gasteiger partial charge in [0.2, 0.25) is 0 Å². The molecule has 2 N–H and O–H groups in total. The molecule has 0 bridgehead atoms. The van der Waals surface area contributed by atoms with E-state index in [4.69, 9.17) is 5.73 Å². The molecule has 0 aliphatic heterocycles. The highest BCUT2D eigenvalue weighted by atomic mass is 31.0. The third kappa shape index (κ3) is 1.88. The number of hydrogen-bond acceptors (Lipinski definition) is 2. The first-order valence-electron chi connectivity index (χ1n) is 2.89. The van der Waals surface area contributed by atoms with Gasteiger partial charge in [-0.3, -0.25) is 0 Å². The standard InChI is InChI=1S/C5H10N2P4/c6-4-2(9)1(8)3(10)5(11)7-4/h8-11H2,(H2,6,7). The fourth-order valence-corrected chi connectivity index (χ4v) is 2.04. The average Bonchev–Trinajstić information content (AvgIpc) is 1.97. The quantitative estimate of drug-likeness (QED) is 0.552. The lowest BCUT2D eigenvalue weighted by Gasteiger charge is -2.08. The summed E-state index contributed by atoms with van der Waals surface area (Å²) in [5.41, 5.74) is 6.50. The lowest BCUT2D eigenvalue weighted by atomic mass is 10.4. The molecule has 0 spiro atoms. The lowest BCUT2D eigenvalue weighted by molar-refractivity contribution is 1.45. The fourth-order valence-electron chi connectivity index (χ4n) is 0.671. The number of aromatic nitrogens is 1. The fraction of sp³-hybridized carbons (Fsp3) is 0. The van der Waals surface area contributed by atoms with Gasteiger partial charge in [0.15, 0.2) is 0 Å². The van der Waals surface area contributed by atoms with Crippen molar-refractivity contribution >= 4 is 64.1 Å². The summed E-state index contributed by atoms with van der Waals surface area (Å²) in [6.45, 7) is 0. The summed E-state index contributed by atoms with van der Waals surface area (Å²) in [5, 5.41) is 3.10. The average molecular weight is 222 g/mol. The Kier molecular flexibility index (Phi) is 3.18. The molecule has 11 heavy (non-hydrogen) atoms. The van der Waals surface area contributed by atoms with Crippen molar-refractivity contribution in [2.45, 2.75) is 0 Å². The molecule has 0 amide bonds. The van der Waals surface area contributed by atoms with Crippen molar-refractivity contribution in [2.24, 2.45) is 0 Å². The maximum Gasteiger partial charge on any atom is 0.131 e. The molecule has 1 aromatic heterocycles. The third-order valence-corrected chi connectivity index (χ3v) is 4.65. The van der Waals surface area contributed by atoms with Gasteiger partial charge in [-0.05, 0) is 5.30 Å². The van der Waals surface area contributed by atoms with Gasteiger partial charge in [-0.2, -0.15) is 0 Å². The smallest absolute Gasteiger partial charge is 0.131 e. The Balaban J connectivity index is 3.46. The van der Waals surface area contributed by atoms with E-state index in [1.807, 2.05) is 0 Å². The molecular formula is C5H10N2P4. The third-order valence-electron chi connectivity index (χ3n) is 1.37. The highest BCUT2D eigenvalue weighted by Gasteiger charge is 2.05. The highest BCUT2D eigenvalue weighted by Crippen LogP contribution is 2.00. The second-order valence-corrected chi connectivity index (χ2v) is 4.40. The van der Waals surface area contributed by atoms with Gasteiger partial charge < -0.3 is 5.73 Å². The zero-order chi connectivity index (χ0) is 8.59. The molecule has 4 atom stereocenters. The van der Waals surface area contributed by atoms with Crippen LogP contribution in [0.4, 0.5) is 5.82 Å². The first-order valence-corrected chi connectivity index (χ1v) is 5.20. The van der Waals surface area contributed by atoms with Gasteiger partial charge in [0.1, 0.15) is 5.82 Å². The number of pyridine rings is 1. The van der Waals surface area contributed by atoms with Crippen molar-refractivity contribution in [1.82, 2.24) is 4.98 Å². The molecule has 0 saturated carbocycles. The van der Waals surface area contributed by atoms with E-state index in [2.05, 4.69) is 41.9 Å². The summed E-state index contributed by atoms with van der Waals surface area (Å²) in [4.78, 5) is 4.12. The topological polar surface area (TPSA) is 38.9 Å². The predicted molar refractivity (Wildman–Crippen MR) is 66.0 cm³/mol. The zero-order valence-electron chi connectivity index (χ0n) is 5.83. The Morgan fingerprint density at radius 3 is 2.00 bits per heavy atom. The van der Waals surface area contributed by atoms with Crippen LogP contribution in [0.15, 0.2) is 0 Å². The molecule has 6 heteroatoms. The van der Waals surface area contributed by atoms with Crippen LogP contribution in [0.5, 0.6) is 0 Å². The zero-order valence-corrected chi connectivity index (χ0v) is 10.5. The van der Waals surface area contributed by atoms with Crippen LogP contribution >= 0.6 is 37.0 Å². The van der Waals surface area contributed by atoms with Crippen LogP contribution in [-0.2, 0) is 0 Å². The Bertz CT molecular complexity index is 273. The van der Waals surface area contributed by atoms with Gasteiger partial charge in [0, 0.05) is 10.6 Å². The molecule has 4 unspecified atom stereocenters. The molecule has 1 rings (SSSR count). The van der Waals surface area contributed by atoms with Crippen LogP contribution < -0.4 is 27.1 Å². The molecule has 1 aromatic rings. The number of anilines is 1. The number of hydrogen-bond donors (Lipinski definition) is 1. The molecule has 0 saturated heterocycles. The molecule has 2 nitrogen and oxygen atoms in total. The van der Waals surface area contributed by atoms with Crippen molar-refractivity contribution in [3.63, 3.8) is 0 Å². The number of nitrogens with zero attached hydrogens (tertiary/aromatic N) is 1. The van der Waals surface area contributed by atoms with E-state index in [0.717, 1.165) is 21.3 Å². The van der Waals surface area contributed by atoms with Crippen molar-refractivity contribution in [1.29, 1.82) is 0 Å². The number of rotatable bonds is 0. The van der Waals surface area contributed by atoms with Gasteiger partial charge >= 0.3 is 0 Å². The minimum absolute atomic E-state index is 0.566. The first kappa shape index (κ1) is 9.76. The highest BCUT2D eigenvalue weighted by molar-refractivity contribution is 7.43. The van der Waals surface area contributed by atoms with Crippen molar-refractivity contribution < 1.29 is 0 Å². The summed E-state index contributed by atoms with van der Waals surface area (Å²) in [6.07, 6.45) is 0. The van der Waals surface area contributed by atoms with E-state index in [1.165, 1.54) is 0 Å². The van der Waals surface area contributed by atoms with Gasteiger partial charge in [-0.15, -0.1) is 27.7 Å². The van der Waals surface area contributed by atoms with E-state index in [-0.39, 0.29) is 0 Å². The molecular weight excluding hydrogens is 212 g/mol. The maximum absolute atomic E-state index is 5.62. The second kappa shape index (κ2) is 3.59. The molecule has 0 fully saturated rings. The van der Waals surface area contributed by atoms with Crippen molar-refractivity contribution in [3.05, 3.63) is 0 Å². The Hall–Kier alpha value is 0.670. The van der Waals surface area contributed by atoms with Gasteiger partial charge in [0.05, 0.1) is 5.44 Å². The van der Waals surface area contributed by atoms with E-state index in [9.17, 15) is 0 Å². The van der Waals surface area contributed by atoms with E-state index < -0.39 is 0 Å². The van der Waals surface area contributed by atoms with Crippen LogP contribution in [0.3, 0.4) is 0 Å². The van der Waals surface area contributed by atoms with Crippen LogP contribution in [-0.4, -0.2) is 4.98 Å². The molecule has 0 aliphatic carbocycles. The van der Waals surface area contributed by atoms with Gasteiger partial charge in [-0.25, -0.2) is 4.98 Å². The molecule has 1 heterocycles. The lowest BCUT2D eigenvalue weighted by Crippen LogP contribution is -2.36. The Morgan fingerprint density at radius 1 is 0.909 bits per heavy atom. The number of nitrogen functional groups attached to an aromatic ring is 1. The Morgan fingerprint density at radius 2 is 1.45 bits per heavy atom. The summed E-state index contributed by atoms with van der Waals surface area (Å²) in [6, 6.07) is 0. The molecule has 60 valence electrons. The molecule has 0 aromatic carbocycles. The van der Waals surface area contributed by atoms with Crippen molar-refractivity contribution in [3.8, 4) is 0 Å². The summed E-state index contributed by atoms with van der Waals surface area (Å²) in [5.74, 6) is 0.566. The second-order valence-electron chi connectivity index (χ2n) is 2.12. The minimum atomic E-state index is 0.566. The normalized spacial score (nSPS) is 10.2. The van der Waals surface area contributed by atoms with Crippen LogP contribution in [0.2, 0.25) is 0 Å². The Labute approximate surface area is 75.3 Å². The van der Waals surface area contributed by atoms with E-state index >= 15 is 0 Å². The van der Waals surface area contributed by atoms with Gasteiger partial charge in [0.25, 0.3) is 0 Å². The SMILES string of the molecule is Nc1nc(P)c(P)c(P)c1P. The molecule has 0 radical (unpaired) electrons.